The van der Waals surface area contributed by atoms with Gasteiger partial charge in [-0.15, -0.1) is 0 Å². The summed E-state index contributed by atoms with van der Waals surface area (Å²) in [6.07, 6.45) is 0.644. The van der Waals surface area contributed by atoms with Gasteiger partial charge in [0.2, 0.25) is 5.95 Å². The molecule has 3 N–H and O–H groups in total. The fourth-order valence-corrected chi connectivity index (χ4v) is 3.08. The molecule has 0 fully saturated rings. The van der Waals surface area contributed by atoms with E-state index in [4.69, 9.17) is 5.11 Å². The monoisotopic (exact) mass is 412 g/mol. The van der Waals surface area contributed by atoms with Crippen molar-refractivity contribution >= 4 is 33.4 Å². The number of rotatable bonds is 7. The van der Waals surface area contributed by atoms with Gasteiger partial charge in [-0.05, 0) is 47.0 Å². The highest BCUT2D eigenvalue weighted by atomic mass is 79.9. The van der Waals surface area contributed by atoms with E-state index >= 15 is 0 Å². The number of halogens is 1. The first-order valence-electron chi connectivity index (χ1n) is 8.48. The van der Waals surface area contributed by atoms with Crippen LogP contribution in [0.3, 0.4) is 0 Å². The van der Waals surface area contributed by atoms with E-state index in [0.29, 0.717) is 24.7 Å². The number of nitrogens with zero attached hydrogens (tertiary/aromatic N) is 2. The fourth-order valence-electron chi connectivity index (χ4n) is 2.49. The maximum absolute atomic E-state index is 8.98. The third-order valence-electron chi connectivity index (χ3n) is 3.80. The molecular formula is C20H21BrN4O. The van der Waals surface area contributed by atoms with Crippen LogP contribution < -0.4 is 10.6 Å². The van der Waals surface area contributed by atoms with Gasteiger partial charge in [-0.1, -0.05) is 36.4 Å². The molecule has 2 aromatic carbocycles. The van der Waals surface area contributed by atoms with E-state index in [1.54, 1.807) is 0 Å². The lowest BCUT2D eigenvalue weighted by atomic mass is 10.1. The SMILES string of the molecule is Cc1ccc(Nc2cc(-c3ccccc3)nc(NCCCO)n2)c(Br)c1. The molecule has 0 radical (unpaired) electrons. The minimum absolute atomic E-state index is 0.132. The van der Waals surface area contributed by atoms with E-state index in [2.05, 4.69) is 49.5 Å². The Morgan fingerprint density at radius 2 is 1.85 bits per heavy atom. The van der Waals surface area contributed by atoms with Crippen LogP contribution in [0.5, 0.6) is 0 Å². The molecule has 0 saturated carbocycles. The summed E-state index contributed by atoms with van der Waals surface area (Å²) in [4.78, 5) is 9.15. The van der Waals surface area contributed by atoms with Gasteiger partial charge < -0.3 is 15.7 Å². The first-order chi connectivity index (χ1) is 12.7. The maximum atomic E-state index is 8.98. The van der Waals surface area contributed by atoms with Crippen LogP contribution in [0, 0.1) is 6.92 Å². The maximum Gasteiger partial charge on any atom is 0.225 e. The quantitative estimate of drug-likeness (QED) is 0.488. The Kier molecular flexibility index (Phi) is 6.20. The standard InChI is InChI=1S/C20H21BrN4O/c1-14-8-9-17(16(21)12-14)23-19-13-18(15-6-3-2-4-7-15)24-20(25-19)22-10-5-11-26/h2-4,6-9,12-13,26H,5,10-11H2,1H3,(H2,22,23,24,25). The Bertz CT molecular complexity index is 871. The van der Waals surface area contributed by atoms with Crippen LogP contribution >= 0.6 is 15.9 Å². The second-order valence-electron chi connectivity index (χ2n) is 5.94. The van der Waals surface area contributed by atoms with Crippen LogP contribution in [-0.4, -0.2) is 28.2 Å². The Morgan fingerprint density at radius 3 is 2.58 bits per heavy atom. The van der Waals surface area contributed by atoms with Crippen molar-refractivity contribution in [3.63, 3.8) is 0 Å². The fraction of sp³-hybridized carbons (Fsp3) is 0.200. The third kappa shape index (κ3) is 4.80. The van der Waals surface area contributed by atoms with Crippen molar-refractivity contribution in [3.8, 4) is 11.3 Å². The van der Waals surface area contributed by atoms with Crippen LogP contribution in [-0.2, 0) is 0 Å². The van der Waals surface area contributed by atoms with Gasteiger partial charge >= 0.3 is 0 Å². The van der Waals surface area contributed by atoms with E-state index in [9.17, 15) is 0 Å². The molecule has 0 bridgehead atoms. The minimum Gasteiger partial charge on any atom is -0.396 e. The molecule has 134 valence electrons. The largest absolute Gasteiger partial charge is 0.396 e. The van der Waals surface area contributed by atoms with Gasteiger partial charge in [-0.3, -0.25) is 0 Å². The number of benzene rings is 2. The summed E-state index contributed by atoms with van der Waals surface area (Å²) in [6, 6.07) is 18.0. The molecule has 0 aliphatic heterocycles. The number of anilines is 3. The molecule has 5 nitrogen and oxygen atoms in total. The molecule has 3 rings (SSSR count). The lowest BCUT2D eigenvalue weighted by molar-refractivity contribution is 0.292. The highest BCUT2D eigenvalue weighted by Crippen LogP contribution is 2.28. The van der Waals surface area contributed by atoms with E-state index in [1.807, 2.05) is 48.5 Å². The number of aliphatic hydroxyl groups is 1. The van der Waals surface area contributed by atoms with Crippen LogP contribution in [0.1, 0.15) is 12.0 Å². The van der Waals surface area contributed by atoms with Crippen molar-refractivity contribution in [1.29, 1.82) is 0 Å². The minimum atomic E-state index is 0.132. The first kappa shape index (κ1) is 18.4. The number of hydrogen-bond acceptors (Lipinski definition) is 5. The second-order valence-corrected chi connectivity index (χ2v) is 6.79. The molecule has 1 heterocycles. The number of aromatic nitrogens is 2. The third-order valence-corrected chi connectivity index (χ3v) is 4.46. The van der Waals surface area contributed by atoms with Crippen molar-refractivity contribution in [2.45, 2.75) is 13.3 Å². The van der Waals surface area contributed by atoms with Gasteiger partial charge in [0.05, 0.1) is 11.4 Å². The van der Waals surface area contributed by atoms with Gasteiger partial charge in [-0.2, -0.15) is 4.98 Å². The van der Waals surface area contributed by atoms with Crippen molar-refractivity contribution in [3.05, 3.63) is 64.6 Å². The number of hydrogen-bond donors (Lipinski definition) is 3. The number of nitrogens with one attached hydrogen (secondary N) is 2. The van der Waals surface area contributed by atoms with Gasteiger partial charge in [0.1, 0.15) is 5.82 Å². The van der Waals surface area contributed by atoms with E-state index in [0.717, 1.165) is 21.4 Å². The molecule has 6 heteroatoms. The molecule has 1 aromatic heterocycles. The van der Waals surface area contributed by atoms with Crippen LogP contribution in [0.2, 0.25) is 0 Å². The van der Waals surface area contributed by atoms with Gasteiger partial charge in [-0.25, -0.2) is 4.98 Å². The van der Waals surface area contributed by atoms with Crippen molar-refractivity contribution in [2.24, 2.45) is 0 Å². The van der Waals surface area contributed by atoms with E-state index in [-0.39, 0.29) is 6.61 Å². The van der Waals surface area contributed by atoms with Crippen molar-refractivity contribution in [1.82, 2.24) is 9.97 Å². The summed E-state index contributed by atoms with van der Waals surface area (Å²) in [5, 5.41) is 15.5. The topological polar surface area (TPSA) is 70.1 Å². The highest BCUT2D eigenvalue weighted by Gasteiger charge is 2.08. The summed E-state index contributed by atoms with van der Waals surface area (Å²) >= 11 is 3.59. The molecular weight excluding hydrogens is 392 g/mol. The molecule has 0 aliphatic rings. The second kappa shape index (κ2) is 8.78. The molecule has 0 saturated heterocycles. The lowest BCUT2D eigenvalue weighted by Gasteiger charge is -2.12. The van der Waals surface area contributed by atoms with Crippen LogP contribution in [0.15, 0.2) is 59.1 Å². The lowest BCUT2D eigenvalue weighted by Crippen LogP contribution is -2.08. The average Bonchev–Trinajstić information content (AvgIpc) is 2.65. The smallest absolute Gasteiger partial charge is 0.225 e. The molecule has 26 heavy (non-hydrogen) atoms. The first-order valence-corrected chi connectivity index (χ1v) is 9.27. The van der Waals surface area contributed by atoms with E-state index < -0.39 is 0 Å². The molecule has 3 aromatic rings. The molecule has 0 atom stereocenters. The zero-order valence-electron chi connectivity index (χ0n) is 14.5. The number of aliphatic hydroxyl groups excluding tert-OH is 1. The number of aryl methyl sites for hydroxylation is 1. The predicted molar refractivity (Wildman–Crippen MR) is 110 cm³/mol. The van der Waals surface area contributed by atoms with Crippen molar-refractivity contribution < 1.29 is 5.11 Å². The predicted octanol–water partition coefficient (Wildman–Crippen LogP) is 4.75. The summed E-state index contributed by atoms with van der Waals surface area (Å²) in [7, 11) is 0. The summed E-state index contributed by atoms with van der Waals surface area (Å²) in [5.41, 5.74) is 3.97. The summed E-state index contributed by atoms with van der Waals surface area (Å²) in [5.74, 6) is 1.24. The zero-order chi connectivity index (χ0) is 18.4. The van der Waals surface area contributed by atoms with Gasteiger partial charge in [0.15, 0.2) is 0 Å². The van der Waals surface area contributed by atoms with E-state index in [1.165, 1.54) is 5.56 Å². The Labute approximate surface area is 161 Å². The normalized spacial score (nSPS) is 10.6. The average molecular weight is 413 g/mol. The summed E-state index contributed by atoms with van der Waals surface area (Å²) < 4.78 is 0.979. The van der Waals surface area contributed by atoms with Gasteiger partial charge in [0.25, 0.3) is 0 Å². The molecule has 0 spiro atoms. The molecule has 0 unspecified atom stereocenters. The van der Waals surface area contributed by atoms with Gasteiger partial charge in [0, 0.05) is 29.3 Å². The van der Waals surface area contributed by atoms with Crippen molar-refractivity contribution in [2.75, 3.05) is 23.8 Å². The Hall–Kier alpha value is -2.44. The Balaban J connectivity index is 1.93. The van der Waals surface area contributed by atoms with Crippen LogP contribution in [0.4, 0.5) is 17.5 Å². The molecule has 0 amide bonds. The summed E-state index contributed by atoms with van der Waals surface area (Å²) in [6.45, 7) is 2.80. The van der Waals surface area contributed by atoms with Crippen LogP contribution in [0.25, 0.3) is 11.3 Å². The Morgan fingerprint density at radius 1 is 1.04 bits per heavy atom. The highest BCUT2D eigenvalue weighted by molar-refractivity contribution is 9.10. The molecule has 0 aliphatic carbocycles. The zero-order valence-corrected chi connectivity index (χ0v) is 16.1.